The molecule has 6 nitrogen and oxygen atoms in total. The molecule has 0 aliphatic carbocycles. The number of esters is 3. The van der Waals surface area contributed by atoms with E-state index < -0.39 is 6.10 Å². The Labute approximate surface area is 413 Å². The van der Waals surface area contributed by atoms with Gasteiger partial charge in [0.1, 0.15) is 13.2 Å². The topological polar surface area (TPSA) is 78.9 Å². The van der Waals surface area contributed by atoms with E-state index in [0.29, 0.717) is 19.3 Å². The van der Waals surface area contributed by atoms with Crippen LogP contribution in [0.2, 0.25) is 0 Å². The summed E-state index contributed by atoms with van der Waals surface area (Å²) in [5, 5.41) is 0. The monoisotopic (exact) mass is 931 g/mol. The zero-order valence-electron chi connectivity index (χ0n) is 43.6. The fourth-order valence-corrected chi connectivity index (χ4v) is 7.45. The van der Waals surface area contributed by atoms with Crippen LogP contribution in [0.3, 0.4) is 0 Å². The minimum Gasteiger partial charge on any atom is -0.462 e. The van der Waals surface area contributed by atoms with Crippen LogP contribution in [-0.2, 0) is 28.6 Å². The van der Waals surface area contributed by atoms with E-state index in [1.54, 1.807) is 0 Å². The number of rotatable bonds is 49. The van der Waals surface area contributed by atoms with Gasteiger partial charge in [0.05, 0.1) is 0 Å². The van der Waals surface area contributed by atoms with E-state index in [-0.39, 0.29) is 31.1 Å². The van der Waals surface area contributed by atoms with Crippen molar-refractivity contribution >= 4 is 17.9 Å². The molecule has 0 N–H and O–H groups in total. The first-order valence-electron chi connectivity index (χ1n) is 27.8. The molecule has 0 aliphatic heterocycles. The number of unbranched alkanes of at least 4 members (excludes halogenated alkanes) is 23. The second-order valence-corrected chi connectivity index (χ2v) is 18.1. The number of carbonyl (C=O) groups is 3. The summed E-state index contributed by atoms with van der Waals surface area (Å²) >= 11 is 0. The van der Waals surface area contributed by atoms with Crippen LogP contribution in [0, 0.1) is 0 Å². The lowest BCUT2D eigenvalue weighted by molar-refractivity contribution is -0.167. The number of carbonyl (C=O) groups excluding carboxylic acids is 3. The largest absolute Gasteiger partial charge is 0.462 e. The highest BCUT2D eigenvalue weighted by atomic mass is 16.6. The molecule has 0 aromatic rings. The Kier molecular flexibility index (Phi) is 51.9. The van der Waals surface area contributed by atoms with E-state index in [2.05, 4.69) is 118 Å². The first kappa shape index (κ1) is 63.3. The SMILES string of the molecule is CC/C=C\C/C=C\C/C=C\CCCCCCCCCCCC(=O)OCC(COC(=O)CCCCC/C=C\C=C/CCCC)OC(=O)CCCCCCCCCCC/C=C\C/C=C\C/C=C\CC. The lowest BCUT2D eigenvalue weighted by Gasteiger charge is -2.18. The van der Waals surface area contributed by atoms with Gasteiger partial charge in [0.25, 0.3) is 0 Å². The Balaban J connectivity index is 4.37. The third-order valence-electron chi connectivity index (χ3n) is 11.6. The summed E-state index contributed by atoms with van der Waals surface area (Å²) in [6.07, 6.45) is 72.5. The number of hydrogen-bond donors (Lipinski definition) is 0. The quantitative estimate of drug-likeness (QED) is 0.0199. The van der Waals surface area contributed by atoms with E-state index in [1.807, 2.05) is 0 Å². The number of ether oxygens (including phenoxy) is 3. The molecular formula is C61H102O6. The lowest BCUT2D eigenvalue weighted by Crippen LogP contribution is -2.30. The number of hydrogen-bond acceptors (Lipinski definition) is 6. The van der Waals surface area contributed by atoms with Crippen LogP contribution >= 0.6 is 0 Å². The van der Waals surface area contributed by atoms with Gasteiger partial charge in [-0.1, -0.05) is 227 Å². The Bertz CT molecular complexity index is 1350. The van der Waals surface area contributed by atoms with E-state index >= 15 is 0 Å². The summed E-state index contributed by atoms with van der Waals surface area (Å²) in [4.78, 5) is 38.1. The first-order chi connectivity index (χ1) is 33.0. The molecule has 1 unspecified atom stereocenters. The van der Waals surface area contributed by atoms with Gasteiger partial charge < -0.3 is 14.2 Å². The lowest BCUT2D eigenvalue weighted by atomic mass is 10.1. The van der Waals surface area contributed by atoms with Crippen LogP contribution < -0.4 is 0 Å². The Morgan fingerprint density at radius 2 is 0.627 bits per heavy atom. The van der Waals surface area contributed by atoms with Crippen LogP contribution in [0.4, 0.5) is 0 Å². The molecule has 382 valence electrons. The fraction of sp³-hybridized carbons (Fsp3) is 0.689. The van der Waals surface area contributed by atoms with Crippen molar-refractivity contribution < 1.29 is 28.6 Å². The standard InChI is InChI=1S/C61H102O6/c1-4-7-10-13-16-19-22-24-26-28-30-32-34-36-39-42-45-48-51-54-60(63)66-57-58(56-65-59(62)53-50-47-44-41-38-21-18-15-12-9-6-3)67-61(64)55-52-49-46-43-40-37-35-33-31-29-27-25-23-20-17-14-11-8-5-2/h7-8,10-11,15-21,24-27,38,58H,4-6,9,12-14,22-23,28-37,39-57H2,1-3H3/b10-7-,11-8-,18-15-,19-16-,20-17-,26-24-,27-25-,38-21-. The normalized spacial score (nSPS) is 12.8. The summed E-state index contributed by atoms with van der Waals surface area (Å²) in [5.41, 5.74) is 0. The molecule has 0 spiro atoms. The van der Waals surface area contributed by atoms with Gasteiger partial charge in [-0.25, -0.2) is 0 Å². The molecule has 67 heavy (non-hydrogen) atoms. The third kappa shape index (κ3) is 53.2. The van der Waals surface area contributed by atoms with Gasteiger partial charge in [-0.3, -0.25) is 14.4 Å². The molecule has 0 aliphatic rings. The van der Waals surface area contributed by atoms with Crippen molar-refractivity contribution in [2.75, 3.05) is 13.2 Å². The molecule has 0 radical (unpaired) electrons. The van der Waals surface area contributed by atoms with Crippen LogP contribution in [0.15, 0.2) is 97.2 Å². The highest BCUT2D eigenvalue weighted by Gasteiger charge is 2.19. The van der Waals surface area contributed by atoms with Crippen LogP contribution in [-0.4, -0.2) is 37.2 Å². The van der Waals surface area contributed by atoms with Crippen LogP contribution in [0.1, 0.15) is 252 Å². The van der Waals surface area contributed by atoms with Crippen molar-refractivity contribution in [3.8, 4) is 0 Å². The molecule has 0 amide bonds. The third-order valence-corrected chi connectivity index (χ3v) is 11.6. The molecule has 0 fully saturated rings. The summed E-state index contributed by atoms with van der Waals surface area (Å²) in [6.45, 7) is 6.34. The fourth-order valence-electron chi connectivity index (χ4n) is 7.45. The molecule has 0 aromatic heterocycles. The van der Waals surface area contributed by atoms with E-state index in [1.165, 1.54) is 96.3 Å². The predicted octanol–water partition coefficient (Wildman–Crippen LogP) is 18.5. The summed E-state index contributed by atoms with van der Waals surface area (Å²) < 4.78 is 16.8. The van der Waals surface area contributed by atoms with E-state index in [0.717, 1.165) is 116 Å². The molecule has 0 saturated carbocycles. The smallest absolute Gasteiger partial charge is 0.306 e. The molecule has 0 rings (SSSR count). The minimum atomic E-state index is -0.794. The first-order valence-corrected chi connectivity index (χ1v) is 27.8. The molecule has 0 bridgehead atoms. The predicted molar refractivity (Wildman–Crippen MR) is 288 cm³/mol. The maximum absolute atomic E-state index is 12.8. The highest BCUT2D eigenvalue weighted by Crippen LogP contribution is 2.15. The molecular weight excluding hydrogens is 829 g/mol. The maximum Gasteiger partial charge on any atom is 0.306 e. The van der Waals surface area contributed by atoms with Gasteiger partial charge in [0.2, 0.25) is 0 Å². The average molecular weight is 931 g/mol. The van der Waals surface area contributed by atoms with Crippen molar-refractivity contribution in [1.29, 1.82) is 0 Å². The number of allylic oxidation sites excluding steroid dienone is 16. The van der Waals surface area contributed by atoms with Gasteiger partial charge in [-0.2, -0.15) is 0 Å². The minimum absolute atomic E-state index is 0.0916. The zero-order valence-corrected chi connectivity index (χ0v) is 43.6. The Hall–Kier alpha value is -3.67. The average Bonchev–Trinajstić information content (AvgIpc) is 3.33. The molecule has 1 atom stereocenters. The van der Waals surface area contributed by atoms with Gasteiger partial charge in [-0.15, -0.1) is 0 Å². The van der Waals surface area contributed by atoms with Gasteiger partial charge in [-0.05, 0) is 103 Å². The van der Waals surface area contributed by atoms with Crippen molar-refractivity contribution in [3.05, 3.63) is 97.2 Å². The van der Waals surface area contributed by atoms with Crippen molar-refractivity contribution in [1.82, 2.24) is 0 Å². The zero-order chi connectivity index (χ0) is 48.6. The van der Waals surface area contributed by atoms with Crippen LogP contribution in [0.5, 0.6) is 0 Å². The second kappa shape index (κ2) is 54.9. The van der Waals surface area contributed by atoms with Crippen molar-refractivity contribution in [3.63, 3.8) is 0 Å². The molecule has 6 heteroatoms. The van der Waals surface area contributed by atoms with Gasteiger partial charge >= 0.3 is 17.9 Å². The summed E-state index contributed by atoms with van der Waals surface area (Å²) in [6, 6.07) is 0. The highest BCUT2D eigenvalue weighted by molar-refractivity contribution is 5.71. The summed E-state index contributed by atoms with van der Waals surface area (Å²) in [7, 11) is 0. The molecule has 0 heterocycles. The molecule has 0 saturated heterocycles. The molecule has 0 aromatic carbocycles. The second-order valence-electron chi connectivity index (χ2n) is 18.1. The van der Waals surface area contributed by atoms with Crippen LogP contribution in [0.25, 0.3) is 0 Å². The van der Waals surface area contributed by atoms with Crippen molar-refractivity contribution in [2.45, 2.75) is 258 Å². The van der Waals surface area contributed by atoms with Gasteiger partial charge in [0, 0.05) is 19.3 Å². The van der Waals surface area contributed by atoms with Gasteiger partial charge in [0.15, 0.2) is 6.10 Å². The van der Waals surface area contributed by atoms with Crippen molar-refractivity contribution in [2.24, 2.45) is 0 Å². The Morgan fingerprint density at radius 3 is 1.01 bits per heavy atom. The van der Waals surface area contributed by atoms with E-state index in [4.69, 9.17) is 14.2 Å². The van der Waals surface area contributed by atoms with E-state index in [9.17, 15) is 14.4 Å². The summed E-state index contributed by atoms with van der Waals surface area (Å²) in [5.74, 6) is -0.930. The Morgan fingerprint density at radius 1 is 0.328 bits per heavy atom. The maximum atomic E-state index is 12.8.